The van der Waals surface area contributed by atoms with Crippen LogP contribution >= 0.6 is 0 Å². The molecule has 0 amide bonds. The maximum absolute atomic E-state index is 13.2. The van der Waals surface area contributed by atoms with Crippen LogP contribution in [0.2, 0.25) is 0 Å². The summed E-state index contributed by atoms with van der Waals surface area (Å²) in [5, 5.41) is 0.722. The lowest BCUT2D eigenvalue weighted by Crippen LogP contribution is -2.21. The van der Waals surface area contributed by atoms with Crippen LogP contribution < -0.4 is 15.9 Å². The number of pyridine rings is 4. The van der Waals surface area contributed by atoms with Crippen LogP contribution in [-0.4, -0.2) is 26.2 Å². The number of hydrogen-bond acceptors (Lipinski definition) is 5. The van der Waals surface area contributed by atoms with Crippen molar-refractivity contribution < 1.29 is 4.74 Å². The molecule has 0 saturated carbocycles. The minimum atomic E-state index is -0.281. The van der Waals surface area contributed by atoms with Crippen molar-refractivity contribution in [2.24, 2.45) is 0 Å². The van der Waals surface area contributed by atoms with Crippen molar-refractivity contribution in [3.8, 4) is 17.3 Å². The summed E-state index contributed by atoms with van der Waals surface area (Å²) < 4.78 is 8.21. The molecular weight excluding hydrogens is 380 g/mol. The molecule has 7 heteroatoms. The molecule has 1 aromatic carbocycles. The van der Waals surface area contributed by atoms with Gasteiger partial charge in [0.1, 0.15) is 11.6 Å². The third-order valence-electron chi connectivity index (χ3n) is 4.97. The van der Waals surface area contributed by atoms with Crippen LogP contribution in [0.4, 0.5) is 0 Å². The molecule has 0 fully saturated rings. The molecule has 0 aliphatic heterocycles. The maximum Gasteiger partial charge on any atom is 0.265 e. The number of hydrogen-bond donors (Lipinski definition) is 0. The monoisotopic (exact) mass is 396 g/mol. The molecule has 4 aromatic heterocycles. The number of methoxy groups -OCH3 is 1. The fourth-order valence-corrected chi connectivity index (χ4v) is 3.46. The van der Waals surface area contributed by atoms with Crippen molar-refractivity contribution in [1.82, 2.24) is 19.1 Å². The zero-order chi connectivity index (χ0) is 20.7. The average molecular weight is 396 g/mol. The summed E-state index contributed by atoms with van der Waals surface area (Å²) in [5.41, 5.74) is 1.18. The third kappa shape index (κ3) is 2.84. The van der Waals surface area contributed by atoms with E-state index >= 15 is 0 Å². The molecule has 0 N–H and O–H groups in total. The largest absolute Gasteiger partial charge is 0.497 e. The van der Waals surface area contributed by atoms with E-state index < -0.39 is 0 Å². The van der Waals surface area contributed by atoms with Gasteiger partial charge in [0.05, 0.1) is 34.6 Å². The Morgan fingerprint density at radius 2 is 1.53 bits per heavy atom. The average Bonchev–Trinajstić information content (AvgIpc) is 2.79. The maximum atomic E-state index is 13.2. The van der Waals surface area contributed by atoms with Crippen molar-refractivity contribution in [1.29, 1.82) is 0 Å². The van der Waals surface area contributed by atoms with Gasteiger partial charge in [-0.3, -0.25) is 18.7 Å². The molecule has 0 saturated heterocycles. The van der Waals surface area contributed by atoms with Gasteiger partial charge in [-0.2, -0.15) is 0 Å². The number of ether oxygens (including phenoxy) is 1. The Labute approximate surface area is 170 Å². The second-order valence-corrected chi connectivity index (χ2v) is 6.73. The van der Waals surface area contributed by atoms with Gasteiger partial charge in [-0.25, -0.2) is 9.97 Å². The molecule has 0 unspecified atom stereocenters. The van der Waals surface area contributed by atoms with Crippen LogP contribution in [0.3, 0.4) is 0 Å². The Bertz CT molecular complexity index is 1520. The summed E-state index contributed by atoms with van der Waals surface area (Å²) >= 11 is 0. The van der Waals surface area contributed by atoms with E-state index in [2.05, 4.69) is 9.97 Å². The smallest absolute Gasteiger partial charge is 0.265 e. The van der Waals surface area contributed by atoms with Crippen LogP contribution in [0.25, 0.3) is 33.3 Å². The lowest BCUT2D eigenvalue weighted by molar-refractivity contribution is 0.414. The van der Waals surface area contributed by atoms with E-state index in [9.17, 15) is 9.59 Å². The second-order valence-electron chi connectivity index (χ2n) is 6.73. The minimum Gasteiger partial charge on any atom is -0.497 e. The van der Waals surface area contributed by atoms with E-state index in [-0.39, 0.29) is 11.1 Å². The van der Waals surface area contributed by atoms with E-state index in [0.717, 1.165) is 0 Å². The van der Waals surface area contributed by atoms with Gasteiger partial charge in [-0.15, -0.1) is 0 Å². The first-order chi connectivity index (χ1) is 14.7. The summed E-state index contributed by atoms with van der Waals surface area (Å²) in [7, 11) is 1.57. The highest BCUT2D eigenvalue weighted by molar-refractivity contribution is 5.91. The lowest BCUT2D eigenvalue weighted by Gasteiger charge is -2.10. The van der Waals surface area contributed by atoms with Gasteiger partial charge in [0.15, 0.2) is 0 Å². The topological polar surface area (TPSA) is 79.0 Å². The first-order valence-electron chi connectivity index (χ1n) is 9.29. The van der Waals surface area contributed by atoms with Gasteiger partial charge in [-0.05, 0) is 42.5 Å². The second kappa shape index (κ2) is 6.97. The Kier molecular flexibility index (Phi) is 4.14. The highest BCUT2D eigenvalue weighted by atomic mass is 16.5. The molecule has 5 aromatic rings. The van der Waals surface area contributed by atoms with E-state index in [1.54, 1.807) is 62.1 Å². The zero-order valence-electron chi connectivity index (χ0n) is 16.0. The van der Waals surface area contributed by atoms with Crippen molar-refractivity contribution in [2.45, 2.75) is 0 Å². The fourth-order valence-electron chi connectivity index (χ4n) is 3.46. The predicted molar refractivity (Wildman–Crippen MR) is 115 cm³/mol. The molecule has 30 heavy (non-hydrogen) atoms. The highest BCUT2D eigenvalue weighted by Gasteiger charge is 2.12. The molecule has 0 spiro atoms. The molecular formula is C23H16N4O3. The molecule has 7 nitrogen and oxygen atoms in total. The molecule has 0 bridgehead atoms. The number of benzene rings is 1. The molecule has 5 rings (SSSR count). The minimum absolute atomic E-state index is 0.261. The van der Waals surface area contributed by atoms with Gasteiger partial charge in [0, 0.05) is 24.7 Å². The molecule has 0 radical (unpaired) electrons. The highest BCUT2D eigenvalue weighted by Crippen LogP contribution is 2.18. The van der Waals surface area contributed by atoms with Crippen LogP contribution in [0.5, 0.6) is 5.75 Å². The fraction of sp³-hybridized carbons (Fsp3) is 0.0435. The number of rotatable bonds is 3. The van der Waals surface area contributed by atoms with Gasteiger partial charge in [0.2, 0.25) is 0 Å². The molecule has 0 atom stereocenters. The van der Waals surface area contributed by atoms with Gasteiger partial charge in [-0.1, -0.05) is 12.1 Å². The Morgan fingerprint density at radius 3 is 2.23 bits per heavy atom. The summed E-state index contributed by atoms with van der Waals surface area (Å²) in [6.45, 7) is 0. The predicted octanol–water partition coefficient (Wildman–Crippen LogP) is 3.09. The van der Waals surface area contributed by atoms with Crippen LogP contribution in [0, 0.1) is 0 Å². The Hall–Kier alpha value is -4.26. The zero-order valence-corrected chi connectivity index (χ0v) is 16.0. The first kappa shape index (κ1) is 17.8. The molecule has 4 heterocycles. The van der Waals surface area contributed by atoms with Gasteiger partial charge in [0.25, 0.3) is 11.1 Å². The van der Waals surface area contributed by atoms with E-state index in [1.807, 2.05) is 24.3 Å². The van der Waals surface area contributed by atoms with Crippen LogP contribution in [0.15, 0.2) is 88.8 Å². The van der Waals surface area contributed by atoms with Crippen molar-refractivity contribution in [3.05, 3.63) is 100.0 Å². The molecule has 146 valence electrons. The Balaban J connectivity index is 1.76. The summed E-state index contributed by atoms with van der Waals surface area (Å²) in [6.07, 6.45) is 4.94. The van der Waals surface area contributed by atoms with E-state index in [4.69, 9.17) is 4.74 Å². The molecule has 0 aliphatic rings. The quantitative estimate of drug-likeness (QED) is 0.438. The van der Waals surface area contributed by atoms with Crippen molar-refractivity contribution in [2.75, 3.05) is 7.11 Å². The standard InChI is InChI=1S/C23H16N4O3/c1-30-16-6-4-5-15(13-16)26-11-8-19-17(22(26)28)14-18-20(25-19)9-12-27(23(18)29)21-7-2-3-10-24-21/h2-14H,1H3. The van der Waals surface area contributed by atoms with Gasteiger partial charge >= 0.3 is 0 Å². The summed E-state index contributed by atoms with van der Waals surface area (Å²) in [6, 6.07) is 17.7. The number of fused-ring (bicyclic) bond motifs is 2. The van der Waals surface area contributed by atoms with E-state index in [1.165, 1.54) is 9.13 Å². The van der Waals surface area contributed by atoms with E-state index in [0.29, 0.717) is 39.1 Å². The van der Waals surface area contributed by atoms with Crippen molar-refractivity contribution >= 4 is 21.8 Å². The summed E-state index contributed by atoms with van der Waals surface area (Å²) in [4.78, 5) is 35.0. The normalized spacial score (nSPS) is 11.1. The number of aromatic nitrogens is 4. The molecule has 0 aliphatic carbocycles. The van der Waals surface area contributed by atoms with Crippen LogP contribution in [-0.2, 0) is 0 Å². The lowest BCUT2D eigenvalue weighted by atomic mass is 10.2. The Morgan fingerprint density at radius 1 is 0.800 bits per heavy atom. The summed E-state index contributed by atoms with van der Waals surface area (Å²) in [5.74, 6) is 1.15. The SMILES string of the molecule is COc1cccc(-n2ccc3nc4ccn(-c5ccccn5)c(=O)c4cc3c2=O)c1. The van der Waals surface area contributed by atoms with Gasteiger partial charge < -0.3 is 4.74 Å². The third-order valence-corrected chi connectivity index (χ3v) is 4.97. The number of nitrogens with zero attached hydrogens (tertiary/aromatic N) is 4. The van der Waals surface area contributed by atoms with Crippen LogP contribution in [0.1, 0.15) is 0 Å². The van der Waals surface area contributed by atoms with Crippen molar-refractivity contribution in [3.63, 3.8) is 0 Å². The first-order valence-corrected chi connectivity index (χ1v) is 9.29.